The molecule has 2 aliphatic rings. The zero-order valence-corrected chi connectivity index (χ0v) is 15.9. The van der Waals surface area contributed by atoms with Crippen LogP contribution in [0.15, 0.2) is 0 Å². The number of hydrogen-bond donors (Lipinski definition) is 2. The molecule has 144 valence electrons. The summed E-state index contributed by atoms with van der Waals surface area (Å²) in [7, 11) is 5.28. The molecule has 2 fully saturated rings. The second-order valence-corrected chi connectivity index (χ2v) is 7.36. The van der Waals surface area contributed by atoms with Gasteiger partial charge in [-0.05, 0) is 26.9 Å². The molecule has 8 nitrogen and oxygen atoms in total. The van der Waals surface area contributed by atoms with Gasteiger partial charge in [-0.1, -0.05) is 13.8 Å². The Kier molecular flexibility index (Phi) is 6.79. The van der Waals surface area contributed by atoms with Crippen LogP contribution in [-0.4, -0.2) is 87.6 Å². The highest BCUT2D eigenvalue weighted by molar-refractivity contribution is 5.82. The molecule has 0 aliphatic carbocycles. The standard InChI is InChI=1S/C17H31N3O5/c1-9(2)13(20(4)5)17(22)19-12-8-25-14-11(7-24-15(12)14)18-16(21)10(3)23-6/h9-15H,7-8H2,1-6H3,(H,18,21)(H,19,22)/t10-,11-,12-,13+,14+,15+/m0/s1. The zero-order chi connectivity index (χ0) is 18.7. The minimum absolute atomic E-state index is 0.0293. The topological polar surface area (TPSA) is 89.1 Å². The van der Waals surface area contributed by atoms with Crippen LogP contribution in [0.2, 0.25) is 0 Å². The molecule has 2 saturated heterocycles. The Balaban J connectivity index is 1.93. The number of fused-ring (bicyclic) bond motifs is 1. The fraction of sp³-hybridized carbons (Fsp3) is 0.882. The third-order valence-electron chi connectivity index (χ3n) is 4.89. The Morgan fingerprint density at radius 2 is 1.48 bits per heavy atom. The normalized spacial score (nSPS) is 31.0. The molecule has 0 aromatic rings. The molecular formula is C17H31N3O5. The number of ether oxygens (including phenoxy) is 3. The molecule has 2 amide bonds. The van der Waals surface area contributed by atoms with Crippen molar-refractivity contribution in [2.24, 2.45) is 5.92 Å². The van der Waals surface area contributed by atoms with Crippen molar-refractivity contribution < 1.29 is 23.8 Å². The van der Waals surface area contributed by atoms with Gasteiger partial charge in [0.15, 0.2) is 0 Å². The number of likely N-dealkylation sites (N-methyl/N-ethyl adjacent to an activating group) is 1. The van der Waals surface area contributed by atoms with Crippen LogP contribution in [-0.2, 0) is 23.8 Å². The molecule has 0 aromatic carbocycles. The molecule has 0 bridgehead atoms. The van der Waals surface area contributed by atoms with E-state index in [-0.39, 0.29) is 48.1 Å². The summed E-state index contributed by atoms with van der Waals surface area (Å²) < 4.78 is 16.6. The van der Waals surface area contributed by atoms with E-state index >= 15 is 0 Å². The monoisotopic (exact) mass is 357 g/mol. The van der Waals surface area contributed by atoms with Crippen molar-refractivity contribution in [2.75, 3.05) is 34.4 Å². The Morgan fingerprint density at radius 1 is 1.00 bits per heavy atom. The van der Waals surface area contributed by atoms with E-state index in [4.69, 9.17) is 14.2 Å². The molecule has 0 spiro atoms. The van der Waals surface area contributed by atoms with Crippen molar-refractivity contribution >= 4 is 11.8 Å². The van der Waals surface area contributed by atoms with E-state index in [0.717, 1.165) is 0 Å². The lowest BCUT2D eigenvalue weighted by Crippen LogP contribution is -2.53. The van der Waals surface area contributed by atoms with Crippen molar-refractivity contribution in [3.8, 4) is 0 Å². The average Bonchev–Trinajstić information content (AvgIpc) is 3.09. The summed E-state index contributed by atoms with van der Waals surface area (Å²) >= 11 is 0. The lowest BCUT2D eigenvalue weighted by molar-refractivity contribution is -0.131. The summed E-state index contributed by atoms with van der Waals surface area (Å²) in [6.07, 6.45) is -1.03. The molecule has 0 unspecified atom stereocenters. The second kappa shape index (κ2) is 8.44. The van der Waals surface area contributed by atoms with E-state index in [1.807, 2.05) is 32.8 Å². The SMILES string of the molecule is CO[C@@H](C)C(=O)N[C@H]1CO[C@H]2[C@@H]1OC[C@@H]2NC(=O)[C@@H](C(C)C)N(C)C. The highest BCUT2D eigenvalue weighted by Crippen LogP contribution is 2.27. The quantitative estimate of drug-likeness (QED) is 0.631. The Labute approximate surface area is 149 Å². The number of carbonyl (C=O) groups is 2. The maximum atomic E-state index is 12.6. The van der Waals surface area contributed by atoms with Gasteiger partial charge in [0, 0.05) is 7.11 Å². The molecule has 2 rings (SSSR count). The third-order valence-corrected chi connectivity index (χ3v) is 4.89. The summed E-state index contributed by atoms with van der Waals surface area (Å²) in [4.78, 5) is 26.5. The lowest BCUT2D eigenvalue weighted by atomic mass is 10.0. The minimum Gasteiger partial charge on any atom is -0.372 e. The first-order chi connectivity index (χ1) is 11.8. The predicted octanol–water partition coefficient (Wildman–Crippen LogP) is -0.625. The molecule has 2 N–H and O–H groups in total. The number of hydrogen-bond acceptors (Lipinski definition) is 6. The van der Waals surface area contributed by atoms with Crippen molar-refractivity contribution in [1.82, 2.24) is 15.5 Å². The largest absolute Gasteiger partial charge is 0.372 e. The van der Waals surface area contributed by atoms with Crippen LogP contribution in [0.5, 0.6) is 0 Å². The minimum atomic E-state index is -0.525. The highest BCUT2D eigenvalue weighted by atomic mass is 16.6. The van der Waals surface area contributed by atoms with Gasteiger partial charge in [0.1, 0.15) is 18.3 Å². The molecule has 0 saturated carbocycles. The number of nitrogens with one attached hydrogen (secondary N) is 2. The van der Waals surface area contributed by atoms with Crippen molar-refractivity contribution in [3.05, 3.63) is 0 Å². The summed E-state index contributed by atoms with van der Waals surface area (Å²) in [5.74, 6) is -0.0289. The first-order valence-corrected chi connectivity index (χ1v) is 8.79. The third kappa shape index (κ3) is 4.49. The van der Waals surface area contributed by atoms with Crippen LogP contribution in [0.4, 0.5) is 0 Å². The first-order valence-electron chi connectivity index (χ1n) is 8.79. The van der Waals surface area contributed by atoms with E-state index < -0.39 is 6.10 Å². The number of methoxy groups -OCH3 is 1. The smallest absolute Gasteiger partial charge is 0.249 e. The number of rotatable bonds is 7. The summed E-state index contributed by atoms with van der Waals surface area (Å²) in [6, 6.07) is -0.647. The molecule has 25 heavy (non-hydrogen) atoms. The molecule has 0 aromatic heterocycles. The lowest BCUT2D eigenvalue weighted by Gasteiger charge is -2.28. The zero-order valence-electron chi connectivity index (χ0n) is 15.9. The van der Waals surface area contributed by atoms with Crippen molar-refractivity contribution in [1.29, 1.82) is 0 Å². The molecule has 2 aliphatic heterocycles. The Morgan fingerprint density at radius 3 is 1.88 bits per heavy atom. The molecule has 2 heterocycles. The van der Waals surface area contributed by atoms with E-state index in [1.54, 1.807) is 6.92 Å². The molecule has 8 heteroatoms. The van der Waals surface area contributed by atoms with Crippen LogP contribution in [0.1, 0.15) is 20.8 Å². The highest BCUT2D eigenvalue weighted by Gasteiger charge is 2.49. The number of carbonyl (C=O) groups excluding carboxylic acids is 2. The van der Waals surface area contributed by atoms with Crippen molar-refractivity contribution in [2.45, 2.75) is 57.2 Å². The fourth-order valence-electron chi connectivity index (χ4n) is 3.56. The van der Waals surface area contributed by atoms with Gasteiger partial charge in [-0.3, -0.25) is 14.5 Å². The van der Waals surface area contributed by atoms with Crippen LogP contribution >= 0.6 is 0 Å². The molecular weight excluding hydrogens is 326 g/mol. The van der Waals surface area contributed by atoms with Gasteiger partial charge in [0.2, 0.25) is 11.8 Å². The van der Waals surface area contributed by atoms with Crippen LogP contribution in [0, 0.1) is 5.92 Å². The summed E-state index contributed by atoms with van der Waals surface area (Å²) in [5, 5.41) is 5.95. The average molecular weight is 357 g/mol. The van der Waals surface area contributed by atoms with Gasteiger partial charge in [0.25, 0.3) is 0 Å². The van der Waals surface area contributed by atoms with Gasteiger partial charge < -0.3 is 24.8 Å². The van der Waals surface area contributed by atoms with Gasteiger partial charge >= 0.3 is 0 Å². The Hall–Kier alpha value is -1.22. The molecule has 6 atom stereocenters. The van der Waals surface area contributed by atoms with Crippen LogP contribution < -0.4 is 10.6 Å². The Bertz CT molecular complexity index is 477. The predicted molar refractivity (Wildman–Crippen MR) is 92.1 cm³/mol. The summed E-state index contributed by atoms with van der Waals surface area (Å²) in [6.45, 7) is 6.48. The van der Waals surface area contributed by atoms with E-state index in [0.29, 0.717) is 13.2 Å². The first kappa shape index (κ1) is 20.1. The second-order valence-electron chi connectivity index (χ2n) is 7.36. The number of nitrogens with zero attached hydrogens (tertiary/aromatic N) is 1. The van der Waals surface area contributed by atoms with Gasteiger partial charge in [-0.25, -0.2) is 0 Å². The van der Waals surface area contributed by atoms with Crippen molar-refractivity contribution in [3.63, 3.8) is 0 Å². The van der Waals surface area contributed by atoms with Crippen LogP contribution in [0.25, 0.3) is 0 Å². The maximum Gasteiger partial charge on any atom is 0.249 e. The maximum absolute atomic E-state index is 12.6. The van der Waals surface area contributed by atoms with Gasteiger partial charge in [-0.15, -0.1) is 0 Å². The van der Waals surface area contributed by atoms with E-state index in [9.17, 15) is 9.59 Å². The summed E-state index contributed by atoms with van der Waals surface area (Å²) in [5.41, 5.74) is 0. The molecule has 0 radical (unpaired) electrons. The number of amides is 2. The van der Waals surface area contributed by atoms with Crippen LogP contribution in [0.3, 0.4) is 0 Å². The fourth-order valence-corrected chi connectivity index (χ4v) is 3.56. The van der Waals surface area contributed by atoms with Gasteiger partial charge in [-0.2, -0.15) is 0 Å². The van der Waals surface area contributed by atoms with E-state index in [1.165, 1.54) is 7.11 Å². The van der Waals surface area contributed by atoms with Gasteiger partial charge in [0.05, 0.1) is 31.3 Å². The van der Waals surface area contributed by atoms with E-state index in [2.05, 4.69) is 10.6 Å².